The normalized spacial score (nSPS) is 16.6. The summed E-state index contributed by atoms with van der Waals surface area (Å²) in [6, 6.07) is 12.4. The number of nitrogens with zero attached hydrogens (tertiary/aromatic N) is 2. The van der Waals surface area contributed by atoms with Gasteiger partial charge in [0.2, 0.25) is 0 Å². The molecule has 1 aliphatic heterocycles. The maximum atomic E-state index is 12.2. The van der Waals surface area contributed by atoms with Crippen molar-refractivity contribution < 1.29 is 9.47 Å². The van der Waals surface area contributed by atoms with Crippen LogP contribution in [0.1, 0.15) is 18.5 Å². The third-order valence-corrected chi connectivity index (χ3v) is 4.71. The van der Waals surface area contributed by atoms with Gasteiger partial charge < -0.3 is 14.8 Å². The number of rotatable bonds is 6. The van der Waals surface area contributed by atoms with Gasteiger partial charge in [0.1, 0.15) is 18.0 Å². The van der Waals surface area contributed by atoms with E-state index in [1.165, 1.54) is 10.5 Å². The van der Waals surface area contributed by atoms with Crippen molar-refractivity contribution >= 4 is 22.9 Å². The average Bonchev–Trinajstić information content (AvgIpc) is 3.19. The zero-order chi connectivity index (χ0) is 18.6. The molecule has 3 heterocycles. The Morgan fingerprint density at radius 2 is 2.22 bits per heavy atom. The van der Waals surface area contributed by atoms with Gasteiger partial charge in [-0.15, -0.1) is 0 Å². The summed E-state index contributed by atoms with van der Waals surface area (Å²) >= 11 is 6.14. The van der Waals surface area contributed by atoms with Crippen LogP contribution >= 0.6 is 11.6 Å². The summed E-state index contributed by atoms with van der Waals surface area (Å²) in [7, 11) is 0. The van der Waals surface area contributed by atoms with Crippen LogP contribution in [-0.4, -0.2) is 28.7 Å². The minimum Gasteiger partial charge on any atom is -0.489 e. The average molecular weight is 386 g/mol. The minimum absolute atomic E-state index is 0.113. The van der Waals surface area contributed by atoms with E-state index in [9.17, 15) is 4.79 Å². The summed E-state index contributed by atoms with van der Waals surface area (Å²) < 4.78 is 13.0. The Labute approximate surface area is 161 Å². The van der Waals surface area contributed by atoms with Gasteiger partial charge in [0, 0.05) is 23.9 Å². The highest BCUT2D eigenvalue weighted by atomic mass is 35.5. The zero-order valence-electron chi connectivity index (χ0n) is 14.7. The Bertz CT molecular complexity index is 999. The lowest BCUT2D eigenvalue weighted by molar-refractivity contribution is 0.0682. The van der Waals surface area contributed by atoms with Crippen molar-refractivity contribution in [3.63, 3.8) is 0 Å². The minimum atomic E-state index is -0.113. The highest BCUT2D eigenvalue weighted by Crippen LogP contribution is 2.29. The smallest absolute Gasteiger partial charge is 0.258 e. The third kappa shape index (κ3) is 4.23. The fraction of sp³-hybridized carbons (Fsp3) is 0.300. The first-order valence-corrected chi connectivity index (χ1v) is 9.32. The van der Waals surface area contributed by atoms with Crippen LogP contribution in [0, 0.1) is 0 Å². The van der Waals surface area contributed by atoms with Crippen molar-refractivity contribution in [1.29, 1.82) is 0 Å². The predicted octanol–water partition coefficient (Wildman–Crippen LogP) is 3.52. The monoisotopic (exact) mass is 385 g/mol. The van der Waals surface area contributed by atoms with Crippen molar-refractivity contribution in [2.45, 2.75) is 25.5 Å². The summed E-state index contributed by atoms with van der Waals surface area (Å²) in [5.74, 6) is 0.701. The van der Waals surface area contributed by atoms with Crippen LogP contribution in [0.25, 0.3) is 5.65 Å². The molecule has 1 fully saturated rings. The number of fused-ring (bicyclic) bond motifs is 1. The van der Waals surface area contributed by atoms with Crippen LogP contribution in [-0.2, 0) is 11.3 Å². The zero-order valence-corrected chi connectivity index (χ0v) is 15.5. The molecule has 140 valence electrons. The molecule has 1 saturated heterocycles. The highest BCUT2D eigenvalue weighted by Gasteiger charge is 2.17. The summed E-state index contributed by atoms with van der Waals surface area (Å²) in [6.07, 6.45) is 3.93. The molecule has 1 atom stereocenters. The van der Waals surface area contributed by atoms with Gasteiger partial charge in [-0.05, 0) is 43.2 Å². The first-order valence-electron chi connectivity index (χ1n) is 8.94. The second-order valence-electron chi connectivity index (χ2n) is 6.45. The molecular weight excluding hydrogens is 366 g/mol. The SMILES string of the molecule is O=c1cc(CNc2cc(Cl)ccc2OCC2CCCO2)nc2ccccn12. The van der Waals surface area contributed by atoms with Gasteiger partial charge in [0.05, 0.1) is 24.0 Å². The Morgan fingerprint density at radius 3 is 3.07 bits per heavy atom. The number of benzene rings is 1. The van der Waals surface area contributed by atoms with E-state index >= 15 is 0 Å². The molecule has 4 rings (SSSR count). The Hall–Kier alpha value is -2.57. The quantitative estimate of drug-likeness (QED) is 0.703. The largest absolute Gasteiger partial charge is 0.489 e. The topological polar surface area (TPSA) is 64.9 Å². The second-order valence-corrected chi connectivity index (χ2v) is 6.89. The number of hydrogen-bond acceptors (Lipinski definition) is 5. The molecule has 27 heavy (non-hydrogen) atoms. The number of nitrogens with one attached hydrogen (secondary N) is 1. The van der Waals surface area contributed by atoms with Gasteiger partial charge in [-0.1, -0.05) is 17.7 Å². The molecule has 0 amide bonds. The number of aromatic nitrogens is 2. The Morgan fingerprint density at radius 1 is 1.30 bits per heavy atom. The summed E-state index contributed by atoms with van der Waals surface area (Å²) in [4.78, 5) is 16.7. The standard InChI is InChI=1S/C20H20ClN3O3/c21-14-6-7-18(27-13-16-4-3-9-26-16)17(10-14)22-12-15-11-20(25)24-8-2-1-5-19(24)23-15/h1-2,5-8,10-11,16,22H,3-4,9,12-13H2. The molecule has 3 aromatic rings. The summed E-state index contributed by atoms with van der Waals surface area (Å²) in [5, 5.41) is 3.88. The molecule has 0 radical (unpaired) electrons. The van der Waals surface area contributed by atoms with Crippen molar-refractivity contribution in [3.05, 3.63) is 69.7 Å². The van der Waals surface area contributed by atoms with Crippen molar-refractivity contribution in [3.8, 4) is 5.75 Å². The Kier molecular flexibility index (Phi) is 5.27. The van der Waals surface area contributed by atoms with E-state index in [1.54, 1.807) is 30.5 Å². The van der Waals surface area contributed by atoms with E-state index in [0.717, 1.165) is 25.1 Å². The van der Waals surface area contributed by atoms with Crippen LogP contribution in [0.4, 0.5) is 5.69 Å². The van der Waals surface area contributed by atoms with Crippen molar-refractivity contribution in [2.75, 3.05) is 18.5 Å². The molecule has 2 aromatic heterocycles. The van der Waals surface area contributed by atoms with Crippen molar-refractivity contribution in [2.24, 2.45) is 0 Å². The molecule has 1 N–H and O–H groups in total. The molecule has 0 saturated carbocycles. The molecule has 0 aliphatic carbocycles. The van der Waals surface area contributed by atoms with E-state index < -0.39 is 0 Å². The Balaban J connectivity index is 1.50. The van der Waals surface area contributed by atoms with Crippen LogP contribution in [0.3, 0.4) is 0 Å². The molecule has 7 heteroatoms. The fourth-order valence-corrected chi connectivity index (χ4v) is 3.28. The van der Waals surface area contributed by atoms with Gasteiger partial charge in [-0.2, -0.15) is 0 Å². The lowest BCUT2D eigenvalue weighted by Crippen LogP contribution is -2.18. The van der Waals surface area contributed by atoms with Crippen LogP contribution in [0.15, 0.2) is 53.5 Å². The van der Waals surface area contributed by atoms with Crippen LogP contribution in [0.5, 0.6) is 5.75 Å². The fourth-order valence-electron chi connectivity index (χ4n) is 3.10. The van der Waals surface area contributed by atoms with E-state index in [0.29, 0.717) is 35.3 Å². The van der Waals surface area contributed by atoms with Gasteiger partial charge >= 0.3 is 0 Å². The molecule has 0 spiro atoms. The maximum Gasteiger partial charge on any atom is 0.258 e. The summed E-state index contributed by atoms with van der Waals surface area (Å²) in [6.45, 7) is 1.69. The predicted molar refractivity (Wildman–Crippen MR) is 105 cm³/mol. The van der Waals surface area contributed by atoms with Gasteiger partial charge in [0.15, 0.2) is 0 Å². The molecule has 1 unspecified atom stereocenters. The molecule has 1 aromatic carbocycles. The number of hydrogen-bond donors (Lipinski definition) is 1. The van der Waals surface area contributed by atoms with Crippen molar-refractivity contribution in [1.82, 2.24) is 9.38 Å². The second kappa shape index (κ2) is 7.98. The van der Waals surface area contributed by atoms with Crippen LogP contribution < -0.4 is 15.6 Å². The van der Waals surface area contributed by atoms with Gasteiger partial charge in [0.25, 0.3) is 5.56 Å². The first-order chi connectivity index (χ1) is 13.2. The third-order valence-electron chi connectivity index (χ3n) is 4.47. The van der Waals surface area contributed by atoms with Crippen LogP contribution in [0.2, 0.25) is 5.02 Å². The first kappa shape index (κ1) is 17.8. The lowest BCUT2D eigenvalue weighted by Gasteiger charge is -2.16. The number of anilines is 1. The van der Waals surface area contributed by atoms with E-state index in [-0.39, 0.29) is 11.7 Å². The van der Waals surface area contributed by atoms with E-state index in [1.807, 2.05) is 12.1 Å². The number of pyridine rings is 1. The van der Waals surface area contributed by atoms with E-state index in [4.69, 9.17) is 21.1 Å². The lowest BCUT2D eigenvalue weighted by atomic mass is 10.2. The number of ether oxygens (including phenoxy) is 2. The molecule has 6 nitrogen and oxygen atoms in total. The van der Waals surface area contributed by atoms with E-state index in [2.05, 4.69) is 10.3 Å². The van der Waals surface area contributed by atoms with Gasteiger partial charge in [-0.25, -0.2) is 4.98 Å². The molecular formula is C20H20ClN3O3. The highest BCUT2D eigenvalue weighted by molar-refractivity contribution is 6.30. The number of halogens is 1. The molecule has 0 bridgehead atoms. The summed E-state index contributed by atoms with van der Waals surface area (Å²) in [5.41, 5.74) is 1.91. The molecule has 1 aliphatic rings. The maximum absolute atomic E-state index is 12.2. The van der Waals surface area contributed by atoms with Gasteiger partial charge in [-0.3, -0.25) is 9.20 Å².